The van der Waals surface area contributed by atoms with Gasteiger partial charge >= 0.3 is 5.97 Å². The van der Waals surface area contributed by atoms with E-state index in [1.54, 1.807) is 31.0 Å². The Morgan fingerprint density at radius 2 is 2.09 bits per heavy atom. The zero-order valence-corrected chi connectivity index (χ0v) is 12.7. The van der Waals surface area contributed by atoms with Crippen molar-refractivity contribution in [1.29, 1.82) is 0 Å². The highest BCUT2D eigenvalue weighted by Gasteiger charge is 2.16. The Morgan fingerprint density at radius 3 is 2.68 bits per heavy atom. The van der Waals surface area contributed by atoms with E-state index in [2.05, 4.69) is 10.2 Å². The number of halogens is 1. The van der Waals surface area contributed by atoms with Crippen molar-refractivity contribution >= 4 is 11.8 Å². The van der Waals surface area contributed by atoms with Gasteiger partial charge in [-0.25, -0.2) is 4.39 Å². The lowest BCUT2D eigenvalue weighted by atomic mass is 10.1. The smallest absolute Gasteiger partial charge is 0.308 e. The standard InChI is InChI=1S/C16H18FN3O2/c1-10-7-14(12-5-4-6-13(17)8-12)18-19-15(10)20(3)9-11(2)16(21)22/h4-8,11H,9H2,1-3H3,(H,21,22). The van der Waals surface area contributed by atoms with Crippen LogP contribution in [-0.4, -0.2) is 34.9 Å². The number of carboxylic acid groups (broad SMARTS) is 1. The first-order chi connectivity index (χ1) is 10.4. The molecule has 0 saturated carbocycles. The summed E-state index contributed by atoms with van der Waals surface area (Å²) in [5.41, 5.74) is 2.10. The minimum atomic E-state index is -0.853. The van der Waals surface area contributed by atoms with Gasteiger partial charge in [-0.2, -0.15) is 0 Å². The van der Waals surface area contributed by atoms with Gasteiger partial charge in [-0.05, 0) is 30.7 Å². The predicted octanol–water partition coefficient (Wildman–Crippen LogP) is 2.75. The number of carboxylic acids is 1. The first kappa shape index (κ1) is 15.9. The van der Waals surface area contributed by atoms with Crippen molar-refractivity contribution in [1.82, 2.24) is 10.2 Å². The summed E-state index contributed by atoms with van der Waals surface area (Å²) in [7, 11) is 1.78. The van der Waals surface area contributed by atoms with Gasteiger partial charge in [0.1, 0.15) is 5.82 Å². The molecule has 1 N–H and O–H groups in total. The van der Waals surface area contributed by atoms with Gasteiger partial charge in [0.2, 0.25) is 0 Å². The number of nitrogens with zero attached hydrogens (tertiary/aromatic N) is 3. The van der Waals surface area contributed by atoms with Crippen LogP contribution in [0, 0.1) is 18.7 Å². The average molecular weight is 303 g/mol. The van der Waals surface area contributed by atoms with Crippen LogP contribution in [0.2, 0.25) is 0 Å². The molecule has 0 fully saturated rings. The van der Waals surface area contributed by atoms with E-state index < -0.39 is 11.9 Å². The van der Waals surface area contributed by atoms with Gasteiger partial charge in [0, 0.05) is 19.2 Å². The summed E-state index contributed by atoms with van der Waals surface area (Å²) in [6, 6.07) is 7.98. The number of hydrogen-bond acceptors (Lipinski definition) is 4. The summed E-state index contributed by atoms with van der Waals surface area (Å²) in [5.74, 6) is -1.07. The summed E-state index contributed by atoms with van der Waals surface area (Å²) in [6.07, 6.45) is 0. The fraction of sp³-hybridized carbons (Fsp3) is 0.312. The lowest BCUT2D eigenvalue weighted by molar-refractivity contribution is -0.140. The molecule has 1 aromatic heterocycles. The van der Waals surface area contributed by atoms with Crippen molar-refractivity contribution in [3.8, 4) is 11.3 Å². The van der Waals surface area contributed by atoms with Crippen LogP contribution in [0.1, 0.15) is 12.5 Å². The van der Waals surface area contributed by atoms with Crippen molar-refractivity contribution in [3.05, 3.63) is 41.7 Å². The number of benzene rings is 1. The number of hydrogen-bond donors (Lipinski definition) is 1. The zero-order valence-electron chi connectivity index (χ0n) is 12.7. The van der Waals surface area contributed by atoms with Crippen molar-refractivity contribution in [2.24, 2.45) is 5.92 Å². The number of anilines is 1. The third-order valence-electron chi connectivity index (χ3n) is 3.41. The van der Waals surface area contributed by atoms with Gasteiger partial charge in [0.25, 0.3) is 0 Å². The highest BCUT2D eigenvalue weighted by molar-refractivity contribution is 5.70. The van der Waals surface area contributed by atoms with E-state index in [1.165, 1.54) is 12.1 Å². The topological polar surface area (TPSA) is 66.3 Å². The van der Waals surface area contributed by atoms with Crippen LogP contribution in [0.4, 0.5) is 10.2 Å². The van der Waals surface area contributed by atoms with Crippen molar-refractivity contribution in [2.75, 3.05) is 18.5 Å². The summed E-state index contributed by atoms with van der Waals surface area (Å²) in [5, 5.41) is 17.2. The molecular formula is C16H18FN3O2. The van der Waals surface area contributed by atoms with Crippen molar-refractivity contribution in [3.63, 3.8) is 0 Å². The van der Waals surface area contributed by atoms with E-state index in [9.17, 15) is 9.18 Å². The molecule has 1 unspecified atom stereocenters. The third-order valence-corrected chi connectivity index (χ3v) is 3.41. The minimum Gasteiger partial charge on any atom is -0.481 e. The van der Waals surface area contributed by atoms with Gasteiger partial charge in [0.05, 0.1) is 11.6 Å². The van der Waals surface area contributed by atoms with Crippen LogP contribution in [0.3, 0.4) is 0 Å². The first-order valence-corrected chi connectivity index (χ1v) is 6.92. The maximum absolute atomic E-state index is 13.3. The summed E-state index contributed by atoms with van der Waals surface area (Å²) in [4.78, 5) is 12.7. The van der Waals surface area contributed by atoms with Crippen LogP contribution in [0.5, 0.6) is 0 Å². The van der Waals surface area contributed by atoms with E-state index in [0.717, 1.165) is 5.56 Å². The Kier molecular flexibility index (Phi) is 4.70. The molecule has 1 aromatic carbocycles. The number of rotatable bonds is 5. The summed E-state index contributed by atoms with van der Waals surface area (Å²) in [6.45, 7) is 3.85. The van der Waals surface area contributed by atoms with Gasteiger partial charge in [-0.3, -0.25) is 4.79 Å². The Hall–Kier alpha value is -2.50. The molecule has 0 aliphatic heterocycles. The molecule has 0 aliphatic rings. The molecule has 0 bridgehead atoms. The van der Waals surface area contributed by atoms with Gasteiger partial charge in [-0.15, -0.1) is 10.2 Å². The Labute approximate surface area is 128 Å². The summed E-state index contributed by atoms with van der Waals surface area (Å²) >= 11 is 0. The number of aromatic nitrogens is 2. The molecule has 0 spiro atoms. The van der Waals surface area contributed by atoms with E-state index in [0.29, 0.717) is 23.6 Å². The molecule has 2 rings (SSSR count). The maximum atomic E-state index is 13.3. The Balaban J connectivity index is 2.24. The number of carbonyl (C=O) groups is 1. The second-order valence-electron chi connectivity index (χ2n) is 5.37. The fourth-order valence-electron chi connectivity index (χ4n) is 2.22. The SMILES string of the molecule is Cc1cc(-c2cccc(F)c2)nnc1N(C)CC(C)C(=O)O. The monoisotopic (exact) mass is 303 g/mol. The molecule has 0 saturated heterocycles. The normalized spacial score (nSPS) is 12.0. The molecule has 6 heteroatoms. The van der Waals surface area contributed by atoms with Crippen LogP contribution in [0.15, 0.2) is 30.3 Å². The van der Waals surface area contributed by atoms with Crippen LogP contribution < -0.4 is 4.90 Å². The summed E-state index contributed by atoms with van der Waals surface area (Å²) < 4.78 is 13.3. The molecule has 5 nitrogen and oxygen atoms in total. The van der Waals surface area contributed by atoms with Crippen molar-refractivity contribution < 1.29 is 14.3 Å². The first-order valence-electron chi connectivity index (χ1n) is 6.92. The minimum absolute atomic E-state index is 0.326. The lowest BCUT2D eigenvalue weighted by Gasteiger charge is -2.21. The fourth-order valence-corrected chi connectivity index (χ4v) is 2.22. The molecule has 2 aromatic rings. The predicted molar refractivity (Wildman–Crippen MR) is 82.2 cm³/mol. The van der Waals surface area contributed by atoms with Gasteiger partial charge in [-0.1, -0.05) is 19.1 Å². The molecule has 0 radical (unpaired) electrons. The Bertz CT molecular complexity index is 691. The highest BCUT2D eigenvalue weighted by Crippen LogP contribution is 2.23. The molecule has 22 heavy (non-hydrogen) atoms. The van der Waals surface area contributed by atoms with Crippen molar-refractivity contribution in [2.45, 2.75) is 13.8 Å². The number of aryl methyl sites for hydroxylation is 1. The van der Waals surface area contributed by atoms with E-state index in [-0.39, 0.29) is 5.82 Å². The zero-order chi connectivity index (χ0) is 16.3. The van der Waals surface area contributed by atoms with Crippen LogP contribution in [-0.2, 0) is 4.79 Å². The van der Waals surface area contributed by atoms with Gasteiger partial charge in [0.15, 0.2) is 5.82 Å². The average Bonchev–Trinajstić information content (AvgIpc) is 2.46. The van der Waals surface area contributed by atoms with E-state index in [4.69, 9.17) is 5.11 Å². The second-order valence-corrected chi connectivity index (χ2v) is 5.37. The molecule has 0 amide bonds. The molecule has 0 aliphatic carbocycles. The molecular weight excluding hydrogens is 285 g/mol. The maximum Gasteiger partial charge on any atom is 0.308 e. The second kappa shape index (κ2) is 6.51. The third kappa shape index (κ3) is 3.58. The molecule has 1 atom stereocenters. The largest absolute Gasteiger partial charge is 0.481 e. The molecule has 116 valence electrons. The quantitative estimate of drug-likeness (QED) is 0.920. The Morgan fingerprint density at radius 1 is 1.36 bits per heavy atom. The van der Waals surface area contributed by atoms with Gasteiger partial charge < -0.3 is 10.0 Å². The van der Waals surface area contributed by atoms with E-state index >= 15 is 0 Å². The van der Waals surface area contributed by atoms with Crippen LogP contribution in [0.25, 0.3) is 11.3 Å². The lowest BCUT2D eigenvalue weighted by Crippen LogP contribution is -2.29. The number of aliphatic carboxylic acids is 1. The van der Waals surface area contributed by atoms with Crippen LogP contribution >= 0.6 is 0 Å². The van der Waals surface area contributed by atoms with E-state index in [1.807, 2.05) is 13.0 Å². The highest BCUT2D eigenvalue weighted by atomic mass is 19.1. The molecule has 1 heterocycles.